The molecule has 5 rings (SSSR count). The fraction of sp³-hybridized carbons (Fsp3) is 0.304. The lowest BCUT2D eigenvalue weighted by molar-refractivity contribution is -0.172. The average Bonchev–Trinajstić information content (AvgIpc) is 3.15. The lowest BCUT2D eigenvalue weighted by Crippen LogP contribution is -2.44. The Bertz CT molecular complexity index is 1330. The van der Waals surface area contributed by atoms with Crippen molar-refractivity contribution >= 4 is 23.1 Å². The highest BCUT2D eigenvalue weighted by molar-refractivity contribution is 6.02. The number of hydrogen-bond acceptors (Lipinski definition) is 7. The minimum absolute atomic E-state index is 0.103. The Hall–Kier alpha value is -3.52. The monoisotopic (exact) mass is 419 g/mol. The van der Waals surface area contributed by atoms with Gasteiger partial charge >= 0.3 is 5.97 Å². The summed E-state index contributed by atoms with van der Waals surface area (Å²) < 4.78 is 6.74. The molecule has 0 unspecified atom stereocenters. The number of pyridine rings is 2. The number of para-hydroxylation sites is 1. The number of oxime groups is 1. The molecule has 4 heterocycles. The van der Waals surface area contributed by atoms with E-state index in [1.54, 1.807) is 23.8 Å². The number of nitrogens with zero attached hydrogens (tertiary/aromatic N) is 3. The van der Waals surface area contributed by atoms with Crippen molar-refractivity contribution in [3.05, 3.63) is 62.9 Å². The van der Waals surface area contributed by atoms with Gasteiger partial charge in [-0.05, 0) is 25.5 Å². The molecule has 0 saturated heterocycles. The first-order chi connectivity index (χ1) is 15.0. The van der Waals surface area contributed by atoms with Gasteiger partial charge in [-0.3, -0.25) is 4.79 Å². The van der Waals surface area contributed by atoms with Crippen molar-refractivity contribution in [2.45, 2.75) is 39.0 Å². The Balaban J connectivity index is 1.80. The molecule has 0 spiro atoms. The molecule has 1 atom stereocenters. The van der Waals surface area contributed by atoms with Gasteiger partial charge < -0.3 is 19.2 Å². The van der Waals surface area contributed by atoms with E-state index in [1.807, 2.05) is 31.2 Å². The van der Waals surface area contributed by atoms with Gasteiger partial charge in [0.15, 0.2) is 5.60 Å². The van der Waals surface area contributed by atoms with Crippen molar-refractivity contribution in [3.8, 4) is 11.4 Å². The number of hydrogen-bond donors (Lipinski definition) is 1. The van der Waals surface area contributed by atoms with Gasteiger partial charge in [0.1, 0.15) is 13.2 Å². The molecule has 0 radical (unpaired) electrons. The van der Waals surface area contributed by atoms with Gasteiger partial charge in [0, 0.05) is 22.1 Å². The van der Waals surface area contributed by atoms with E-state index in [2.05, 4.69) is 5.16 Å². The van der Waals surface area contributed by atoms with Gasteiger partial charge in [0.2, 0.25) is 0 Å². The van der Waals surface area contributed by atoms with Gasteiger partial charge in [0.25, 0.3) is 5.56 Å². The van der Waals surface area contributed by atoms with Crippen molar-refractivity contribution < 1.29 is 19.5 Å². The Labute approximate surface area is 177 Å². The van der Waals surface area contributed by atoms with Crippen LogP contribution in [0.3, 0.4) is 0 Å². The van der Waals surface area contributed by atoms with Gasteiger partial charge in [-0.2, -0.15) is 0 Å². The third-order valence-electron chi connectivity index (χ3n) is 6.02. The smallest absolute Gasteiger partial charge is 0.343 e. The number of rotatable bonds is 4. The molecule has 1 N–H and O–H groups in total. The summed E-state index contributed by atoms with van der Waals surface area (Å²) in [7, 11) is 0. The fourth-order valence-corrected chi connectivity index (χ4v) is 4.37. The Morgan fingerprint density at radius 2 is 2.10 bits per heavy atom. The van der Waals surface area contributed by atoms with Crippen LogP contribution in [0.15, 0.2) is 40.3 Å². The average molecular weight is 419 g/mol. The number of fused-ring (bicyclic) bond motifs is 5. The number of aromatic nitrogens is 2. The maximum Gasteiger partial charge on any atom is 0.343 e. The van der Waals surface area contributed by atoms with Gasteiger partial charge in [-0.25, -0.2) is 9.78 Å². The van der Waals surface area contributed by atoms with E-state index in [9.17, 15) is 14.7 Å². The van der Waals surface area contributed by atoms with E-state index < -0.39 is 11.6 Å². The van der Waals surface area contributed by atoms with Crippen LogP contribution in [-0.2, 0) is 33.1 Å². The van der Waals surface area contributed by atoms with E-state index in [1.165, 1.54) is 0 Å². The Kier molecular flexibility index (Phi) is 4.40. The van der Waals surface area contributed by atoms with Gasteiger partial charge in [-0.15, -0.1) is 0 Å². The number of carbonyl (C=O) groups is 1. The number of cyclic esters (lactones) is 1. The maximum absolute atomic E-state index is 13.3. The quantitative estimate of drug-likeness (QED) is 0.310. The molecule has 2 aromatic heterocycles. The van der Waals surface area contributed by atoms with Crippen molar-refractivity contribution in [2.75, 3.05) is 6.61 Å². The second-order valence-corrected chi connectivity index (χ2v) is 7.63. The molecule has 3 aromatic rings. The first-order valence-electron chi connectivity index (χ1n) is 10.2. The van der Waals surface area contributed by atoms with Crippen molar-refractivity contribution in [1.82, 2.24) is 9.55 Å². The molecule has 31 heavy (non-hydrogen) atoms. The summed E-state index contributed by atoms with van der Waals surface area (Å²) in [5, 5.41) is 15.9. The zero-order chi connectivity index (χ0) is 21.8. The van der Waals surface area contributed by atoms with Crippen LogP contribution in [0, 0.1) is 0 Å². The molecule has 0 fully saturated rings. The minimum Gasteiger partial charge on any atom is -0.458 e. The first kappa shape index (κ1) is 19.4. The van der Waals surface area contributed by atoms with E-state index in [0.717, 1.165) is 22.0 Å². The second kappa shape index (κ2) is 7.02. The topological polar surface area (TPSA) is 103 Å². The number of carbonyl (C=O) groups excluding carboxylic acids is 1. The molecule has 0 aliphatic carbocycles. The van der Waals surface area contributed by atoms with E-state index >= 15 is 0 Å². The van der Waals surface area contributed by atoms with Crippen LogP contribution < -0.4 is 5.56 Å². The number of esters is 1. The highest BCUT2D eigenvalue weighted by Gasteiger charge is 2.45. The van der Waals surface area contributed by atoms with Crippen LogP contribution in [0.2, 0.25) is 0 Å². The number of ether oxygens (including phenoxy) is 1. The predicted octanol–water partition coefficient (Wildman–Crippen LogP) is 2.45. The molecular weight excluding hydrogens is 398 g/mol. The SMILES string of the molecule is CCO/N=C/c1c2c(nc3ccccc13)-c1cc3c(c(=O)n1C2)COC(=O)[C@]3(O)CC. The van der Waals surface area contributed by atoms with Crippen molar-refractivity contribution in [3.63, 3.8) is 0 Å². The van der Waals surface area contributed by atoms with Crippen LogP contribution in [-0.4, -0.2) is 33.4 Å². The van der Waals surface area contributed by atoms with E-state index in [4.69, 9.17) is 14.6 Å². The molecular formula is C23H21N3O5. The summed E-state index contributed by atoms with van der Waals surface area (Å²) in [6.07, 6.45) is 1.75. The summed E-state index contributed by atoms with van der Waals surface area (Å²) in [6, 6.07) is 9.37. The minimum atomic E-state index is -1.85. The van der Waals surface area contributed by atoms with Crippen LogP contribution >= 0.6 is 0 Å². The highest BCUT2D eigenvalue weighted by atomic mass is 16.6. The number of benzene rings is 1. The molecule has 0 bridgehead atoms. The summed E-state index contributed by atoms with van der Waals surface area (Å²) in [5.74, 6) is -0.735. The predicted molar refractivity (Wildman–Crippen MR) is 114 cm³/mol. The molecule has 0 saturated carbocycles. The largest absolute Gasteiger partial charge is 0.458 e. The van der Waals surface area contributed by atoms with Crippen molar-refractivity contribution in [1.29, 1.82) is 0 Å². The molecule has 158 valence electrons. The lowest BCUT2D eigenvalue weighted by Gasteiger charge is -2.31. The van der Waals surface area contributed by atoms with Crippen LogP contribution in [0.1, 0.15) is 42.5 Å². The zero-order valence-electron chi connectivity index (χ0n) is 17.2. The summed E-state index contributed by atoms with van der Waals surface area (Å²) in [6.45, 7) is 4.13. The van der Waals surface area contributed by atoms with Crippen LogP contribution in [0.5, 0.6) is 0 Å². The third kappa shape index (κ3) is 2.71. The number of aliphatic hydroxyl groups is 1. The molecule has 1 aromatic carbocycles. The standard InChI is InChI=1S/C23H21N3O5/c1-3-23(29)17-9-19-20-15(11-26(19)21(27)16(17)12-30-22(23)28)14(10-24-31-4-2)13-7-5-6-8-18(13)25-20/h5-10,29H,3-4,11-12H2,1-2H3/b24-10+/t23-/m0/s1. The summed E-state index contributed by atoms with van der Waals surface area (Å²) in [5.41, 5.74) is 2.09. The molecule has 0 amide bonds. The van der Waals surface area contributed by atoms with Crippen LogP contribution in [0.4, 0.5) is 0 Å². The lowest BCUT2D eigenvalue weighted by atomic mass is 9.86. The Morgan fingerprint density at radius 1 is 1.29 bits per heavy atom. The molecule has 2 aliphatic heterocycles. The zero-order valence-corrected chi connectivity index (χ0v) is 17.2. The van der Waals surface area contributed by atoms with Gasteiger partial charge in [0.05, 0.1) is 35.2 Å². The fourth-order valence-electron chi connectivity index (χ4n) is 4.37. The van der Waals surface area contributed by atoms with E-state index in [0.29, 0.717) is 35.7 Å². The summed E-state index contributed by atoms with van der Waals surface area (Å²) >= 11 is 0. The maximum atomic E-state index is 13.3. The van der Waals surface area contributed by atoms with Gasteiger partial charge in [-0.1, -0.05) is 30.3 Å². The Morgan fingerprint density at radius 3 is 2.87 bits per heavy atom. The van der Waals surface area contributed by atoms with Crippen molar-refractivity contribution in [2.24, 2.45) is 5.16 Å². The molecule has 8 heteroatoms. The van der Waals surface area contributed by atoms with E-state index in [-0.39, 0.29) is 18.6 Å². The second-order valence-electron chi connectivity index (χ2n) is 7.63. The molecule has 2 aliphatic rings. The van der Waals surface area contributed by atoms with Crippen LogP contribution in [0.25, 0.3) is 22.3 Å². The highest BCUT2D eigenvalue weighted by Crippen LogP contribution is 2.39. The normalized spacial score (nSPS) is 19.3. The third-order valence-corrected chi connectivity index (χ3v) is 6.02. The first-order valence-corrected chi connectivity index (χ1v) is 10.2. The molecule has 8 nitrogen and oxygen atoms in total. The summed E-state index contributed by atoms with van der Waals surface area (Å²) in [4.78, 5) is 35.6.